The molecule has 0 unspecified atom stereocenters. The second-order valence-corrected chi connectivity index (χ2v) is 7.57. The molecular formula is C18H22N2O2S. The highest BCUT2D eigenvalue weighted by Crippen LogP contribution is 2.32. The van der Waals surface area contributed by atoms with Crippen molar-refractivity contribution in [2.75, 3.05) is 13.2 Å². The minimum atomic E-state index is -0.365. The number of morpholine rings is 1. The van der Waals surface area contributed by atoms with Crippen molar-refractivity contribution < 1.29 is 9.53 Å². The minimum absolute atomic E-state index is 0.0395. The molecule has 0 aliphatic carbocycles. The summed E-state index contributed by atoms with van der Waals surface area (Å²) in [5.74, 6) is -0.365. The predicted octanol–water partition coefficient (Wildman–Crippen LogP) is 3.20. The summed E-state index contributed by atoms with van der Waals surface area (Å²) in [5.41, 5.74) is 7.10. The number of hydrogen-bond donors (Lipinski definition) is 1. The van der Waals surface area contributed by atoms with Crippen molar-refractivity contribution in [2.45, 2.75) is 32.0 Å². The summed E-state index contributed by atoms with van der Waals surface area (Å²) in [7, 11) is 0. The number of benzene rings is 1. The van der Waals surface area contributed by atoms with E-state index in [-0.39, 0.29) is 17.6 Å². The standard InChI is InChI=1S/C18H22N2O2S/c1-18(2)12-22-16(13-6-4-3-5-7-13)10-20(18)9-15-8-14(11-23-15)17(19)21/h3-8,11,16H,9-10,12H2,1-2H3,(H2,19,21)/t16-/m0/s1. The van der Waals surface area contributed by atoms with Crippen LogP contribution in [-0.4, -0.2) is 29.5 Å². The van der Waals surface area contributed by atoms with Crippen molar-refractivity contribution in [1.82, 2.24) is 4.90 Å². The largest absolute Gasteiger partial charge is 0.370 e. The Labute approximate surface area is 140 Å². The van der Waals surface area contributed by atoms with Gasteiger partial charge in [-0.15, -0.1) is 11.3 Å². The summed E-state index contributed by atoms with van der Waals surface area (Å²) in [6, 6.07) is 12.2. The maximum Gasteiger partial charge on any atom is 0.249 e. The van der Waals surface area contributed by atoms with Gasteiger partial charge < -0.3 is 10.5 Å². The summed E-state index contributed by atoms with van der Waals surface area (Å²) < 4.78 is 6.08. The lowest BCUT2D eigenvalue weighted by Crippen LogP contribution is -2.53. The smallest absolute Gasteiger partial charge is 0.249 e. The van der Waals surface area contributed by atoms with E-state index in [4.69, 9.17) is 10.5 Å². The Bertz CT molecular complexity index is 681. The van der Waals surface area contributed by atoms with Gasteiger partial charge in [0, 0.05) is 28.9 Å². The molecule has 0 saturated carbocycles. The third-order valence-electron chi connectivity index (χ3n) is 4.34. The zero-order valence-electron chi connectivity index (χ0n) is 13.5. The van der Waals surface area contributed by atoms with Crippen LogP contribution in [0.5, 0.6) is 0 Å². The Balaban J connectivity index is 1.76. The molecule has 0 radical (unpaired) electrons. The van der Waals surface area contributed by atoms with E-state index in [1.54, 1.807) is 11.3 Å². The van der Waals surface area contributed by atoms with E-state index < -0.39 is 0 Å². The van der Waals surface area contributed by atoms with Crippen LogP contribution in [0.1, 0.15) is 40.8 Å². The summed E-state index contributed by atoms with van der Waals surface area (Å²) in [6.45, 7) is 6.70. The molecule has 1 amide bonds. The first kappa shape index (κ1) is 16.2. The lowest BCUT2D eigenvalue weighted by molar-refractivity contribution is -0.104. The molecule has 23 heavy (non-hydrogen) atoms. The first-order valence-electron chi connectivity index (χ1n) is 7.74. The van der Waals surface area contributed by atoms with Crippen LogP contribution >= 0.6 is 11.3 Å². The van der Waals surface area contributed by atoms with E-state index in [1.165, 1.54) is 5.56 Å². The van der Waals surface area contributed by atoms with Crippen molar-refractivity contribution in [3.05, 3.63) is 57.8 Å². The minimum Gasteiger partial charge on any atom is -0.370 e. The molecule has 2 N–H and O–H groups in total. The number of ether oxygens (including phenoxy) is 1. The zero-order valence-corrected chi connectivity index (χ0v) is 14.3. The lowest BCUT2D eigenvalue weighted by atomic mass is 9.98. The van der Waals surface area contributed by atoms with Crippen LogP contribution in [0.15, 0.2) is 41.8 Å². The maximum atomic E-state index is 11.3. The molecule has 2 heterocycles. The van der Waals surface area contributed by atoms with Gasteiger partial charge in [0.2, 0.25) is 5.91 Å². The topological polar surface area (TPSA) is 55.6 Å². The molecule has 1 atom stereocenters. The third-order valence-corrected chi connectivity index (χ3v) is 5.26. The van der Waals surface area contributed by atoms with Crippen molar-refractivity contribution in [1.29, 1.82) is 0 Å². The van der Waals surface area contributed by atoms with Gasteiger partial charge in [-0.25, -0.2) is 0 Å². The fourth-order valence-electron chi connectivity index (χ4n) is 2.82. The van der Waals surface area contributed by atoms with Crippen molar-refractivity contribution in [2.24, 2.45) is 5.73 Å². The monoisotopic (exact) mass is 330 g/mol. The van der Waals surface area contributed by atoms with E-state index >= 15 is 0 Å². The van der Waals surface area contributed by atoms with E-state index in [0.29, 0.717) is 12.2 Å². The van der Waals surface area contributed by atoms with Gasteiger partial charge in [0.15, 0.2) is 0 Å². The van der Waals surface area contributed by atoms with E-state index in [1.807, 2.05) is 29.6 Å². The van der Waals surface area contributed by atoms with Gasteiger partial charge in [0.05, 0.1) is 18.3 Å². The molecule has 4 nitrogen and oxygen atoms in total. The van der Waals surface area contributed by atoms with Crippen molar-refractivity contribution >= 4 is 17.2 Å². The molecule has 1 aliphatic rings. The van der Waals surface area contributed by atoms with Crippen LogP contribution in [0.2, 0.25) is 0 Å². The highest BCUT2D eigenvalue weighted by atomic mass is 32.1. The Kier molecular flexibility index (Phi) is 4.53. The number of hydrogen-bond acceptors (Lipinski definition) is 4. The Hall–Kier alpha value is -1.69. The summed E-state index contributed by atoms with van der Waals surface area (Å²) in [4.78, 5) is 14.8. The van der Waals surface area contributed by atoms with Gasteiger partial charge in [0.25, 0.3) is 0 Å². The number of primary amides is 1. The first-order chi connectivity index (χ1) is 11.0. The normalized spacial score (nSPS) is 21.2. The van der Waals surface area contributed by atoms with E-state index in [9.17, 15) is 4.79 Å². The molecule has 1 aromatic heterocycles. The van der Waals surface area contributed by atoms with Crippen LogP contribution in [-0.2, 0) is 11.3 Å². The zero-order chi connectivity index (χ0) is 16.4. The number of rotatable bonds is 4. The highest BCUT2D eigenvalue weighted by molar-refractivity contribution is 7.10. The van der Waals surface area contributed by atoms with Crippen LogP contribution in [0.4, 0.5) is 0 Å². The molecule has 1 fully saturated rings. The molecular weight excluding hydrogens is 308 g/mol. The Morgan fingerprint density at radius 1 is 1.39 bits per heavy atom. The van der Waals surface area contributed by atoms with E-state index in [0.717, 1.165) is 18.0 Å². The van der Waals surface area contributed by atoms with Gasteiger partial charge in [-0.3, -0.25) is 9.69 Å². The van der Waals surface area contributed by atoms with Gasteiger partial charge >= 0.3 is 0 Å². The molecule has 0 bridgehead atoms. The predicted molar refractivity (Wildman–Crippen MR) is 92.5 cm³/mol. The van der Waals surface area contributed by atoms with Crippen LogP contribution in [0.25, 0.3) is 0 Å². The molecule has 1 aliphatic heterocycles. The van der Waals surface area contributed by atoms with Gasteiger partial charge in [-0.1, -0.05) is 30.3 Å². The van der Waals surface area contributed by atoms with Crippen LogP contribution in [0.3, 0.4) is 0 Å². The molecule has 1 aromatic carbocycles. The number of thiophene rings is 1. The maximum absolute atomic E-state index is 11.3. The summed E-state index contributed by atoms with van der Waals surface area (Å²) >= 11 is 1.59. The number of carbonyl (C=O) groups excluding carboxylic acids is 1. The molecule has 3 rings (SSSR count). The quantitative estimate of drug-likeness (QED) is 0.936. The summed E-state index contributed by atoms with van der Waals surface area (Å²) in [6.07, 6.45) is 0.0831. The third kappa shape index (κ3) is 3.63. The first-order valence-corrected chi connectivity index (χ1v) is 8.62. The summed E-state index contributed by atoms with van der Waals surface area (Å²) in [5, 5.41) is 1.83. The molecule has 5 heteroatoms. The number of carbonyl (C=O) groups is 1. The number of amides is 1. The van der Waals surface area contributed by atoms with Gasteiger partial charge in [-0.05, 0) is 25.5 Å². The van der Waals surface area contributed by atoms with Crippen LogP contribution in [0, 0.1) is 0 Å². The van der Waals surface area contributed by atoms with Crippen LogP contribution < -0.4 is 5.73 Å². The fourth-order valence-corrected chi connectivity index (χ4v) is 3.71. The van der Waals surface area contributed by atoms with Gasteiger partial charge in [-0.2, -0.15) is 0 Å². The van der Waals surface area contributed by atoms with Crippen molar-refractivity contribution in [3.63, 3.8) is 0 Å². The molecule has 0 spiro atoms. The molecule has 122 valence electrons. The second kappa shape index (κ2) is 6.43. The van der Waals surface area contributed by atoms with Crippen molar-refractivity contribution in [3.8, 4) is 0 Å². The molecule has 1 saturated heterocycles. The molecule has 2 aromatic rings. The Morgan fingerprint density at radius 2 is 2.13 bits per heavy atom. The second-order valence-electron chi connectivity index (χ2n) is 6.57. The SMILES string of the molecule is CC1(C)CO[C@H](c2ccccc2)CN1Cc1cc(C(N)=O)cs1. The number of nitrogens with two attached hydrogens (primary N) is 1. The Morgan fingerprint density at radius 3 is 2.78 bits per heavy atom. The average Bonchev–Trinajstić information content (AvgIpc) is 2.99. The fraction of sp³-hybridized carbons (Fsp3) is 0.389. The number of nitrogens with zero attached hydrogens (tertiary/aromatic N) is 1. The average molecular weight is 330 g/mol. The van der Waals surface area contributed by atoms with Gasteiger partial charge in [0.1, 0.15) is 0 Å². The highest BCUT2D eigenvalue weighted by Gasteiger charge is 2.35. The lowest BCUT2D eigenvalue weighted by Gasteiger charge is -2.45. The van der Waals surface area contributed by atoms with E-state index in [2.05, 4.69) is 30.9 Å².